The highest BCUT2D eigenvalue weighted by Gasteiger charge is 2.06. The van der Waals surface area contributed by atoms with Crippen molar-refractivity contribution in [2.75, 3.05) is 7.11 Å². The van der Waals surface area contributed by atoms with Gasteiger partial charge >= 0.3 is 0 Å². The first kappa shape index (κ1) is 7.12. The van der Waals surface area contributed by atoms with Crippen LogP contribution in [-0.2, 0) is 0 Å². The lowest BCUT2D eigenvalue weighted by molar-refractivity contribution is 0.395. The van der Waals surface area contributed by atoms with Gasteiger partial charge in [0.25, 0.3) is 5.88 Å². The zero-order valence-corrected chi connectivity index (χ0v) is 6.42. The molecule has 0 spiro atoms. The molecule has 0 aromatic carbocycles. The van der Waals surface area contributed by atoms with Gasteiger partial charge in [0.15, 0.2) is 12.2 Å². The van der Waals surface area contributed by atoms with Crippen molar-refractivity contribution in [3.8, 4) is 5.88 Å². The molecule has 1 rings (SSSR count). The summed E-state index contributed by atoms with van der Waals surface area (Å²) in [4.78, 5) is 4.04. The molecule has 0 atom stereocenters. The monoisotopic (exact) mass is 141 g/mol. The van der Waals surface area contributed by atoms with Crippen LogP contribution in [0, 0.1) is 0 Å². The van der Waals surface area contributed by atoms with Crippen LogP contribution in [0.3, 0.4) is 0 Å². The van der Waals surface area contributed by atoms with Gasteiger partial charge in [-0.3, -0.25) is 0 Å². The maximum Gasteiger partial charge on any atom is 0.252 e. The van der Waals surface area contributed by atoms with Crippen molar-refractivity contribution in [2.45, 2.75) is 19.8 Å². The summed E-state index contributed by atoms with van der Waals surface area (Å²) < 4.78 is 9.92. The fourth-order valence-electron chi connectivity index (χ4n) is 0.631. The van der Waals surface area contributed by atoms with E-state index in [9.17, 15) is 0 Å². The van der Waals surface area contributed by atoms with Crippen LogP contribution in [0.5, 0.6) is 5.88 Å². The Hall–Kier alpha value is -0.990. The first-order valence-corrected chi connectivity index (χ1v) is 3.23. The second-order valence-corrected chi connectivity index (χ2v) is 2.38. The van der Waals surface area contributed by atoms with E-state index in [0.29, 0.717) is 11.8 Å². The molecule has 3 nitrogen and oxygen atoms in total. The summed E-state index contributed by atoms with van der Waals surface area (Å²) in [6, 6.07) is 0. The van der Waals surface area contributed by atoms with E-state index < -0.39 is 0 Å². The molecule has 56 valence electrons. The fraction of sp³-hybridized carbons (Fsp3) is 0.571. The fourth-order valence-corrected chi connectivity index (χ4v) is 0.631. The molecule has 0 N–H and O–H groups in total. The maximum absolute atomic E-state index is 5.08. The van der Waals surface area contributed by atoms with Gasteiger partial charge in [0.1, 0.15) is 0 Å². The minimum Gasteiger partial charge on any atom is -0.479 e. The first-order valence-electron chi connectivity index (χ1n) is 3.23. The summed E-state index contributed by atoms with van der Waals surface area (Å²) >= 11 is 0. The Kier molecular flexibility index (Phi) is 1.94. The molecular weight excluding hydrogens is 130 g/mol. The second-order valence-electron chi connectivity index (χ2n) is 2.38. The third-order valence-electron chi connectivity index (χ3n) is 1.20. The molecule has 0 saturated carbocycles. The van der Waals surface area contributed by atoms with Crippen LogP contribution < -0.4 is 4.74 Å². The Morgan fingerprint density at radius 1 is 1.60 bits per heavy atom. The van der Waals surface area contributed by atoms with Crippen LogP contribution in [0.15, 0.2) is 10.7 Å². The number of methoxy groups -OCH3 is 1. The number of oxazole rings is 1. The molecule has 0 aliphatic carbocycles. The predicted octanol–water partition coefficient (Wildman–Crippen LogP) is 1.81. The van der Waals surface area contributed by atoms with Crippen molar-refractivity contribution in [1.29, 1.82) is 0 Å². The highest BCUT2D eigenvalue weighted by atomic mass is 16.5. The second kappa shape index (κ2) is 2.73. The maximum atomic E-state index is 5.08. The van der Waals surface area contributed by atoms with Crippen molar-refractivity contribution in [2.24, 2.45) is 0 Å². The highest BCUT2D eigenvalue weighted by molar-refractivity contribution is 5.04. The van der Waals surface area contributed by atoms with E-state index >= 15 is 0 Å². The summed E-state index contributed by atoms with van der Waals surface area (Å²) in [5, 5.41) is 0. The third kappa shape index (κ3) is 1.29. The topological polar surface area (TPSA) is 35.3 Å². The lowest BCUT2D eigenvalue weighted by Gasteiger charge is -1.93. The van der Waals surface area contributed by atoms with Crippen molar-refractivity contribution in [1.82, 2.24) is 4.98 Å². The molecule has 10 heavy (non-hydrogen) atoms. The van der Waals surface area contributed by atoms with Gasteiger partial charge < -0.3 is 9.15 Å². The normalized spacial score (nSPS) is 10.4. The summed E-state index contributed by atoms with van der Waals surface area (Å²) in [6.45, 7) is 4.04. The Balaban J connectivity index is 2.78. The van der Waals surface area contributed by atoms with Gasteiger partial charge in [-0.05, 0) is 0 Å². The van der Waals surface area contributed by atoms with Crippen LogP contribution in [0.2, 0.25) is 0 Å². The standard InChI is InChI=1S/C7H11NO2/c1-5(2)7-8-6(9-3)4-10-7/h4-5H,1-3H3. The predicted molar refractivity (Wildman–Crippen MR) is 37.1 cm³/mol. The van der Waals surface area contributed by atoms with Gasteiger partial charge in [-0.2, -0.15) is 4.98 Å². The molecule has 0 fully saturated rings. The Bertz CT molecular complexity index is 205. The van der Waals surface area contributed by atoms with Crippen LogP contribution in [0.1, 0.15) is 25.7 Å². The third-order valence-corrected chi connectivity index (χ3v) is 1.20. The van der Waals surface area contributed by atoms with Gasteiger partial charge in [0, 0.05) is 5.92 Å². The van der Waals surface area contributed by atoms with Gasteiger partial charge in [0.05, 0.1) is 7.11 Å². The van der Waals surface area contributed by atoms with Crippen molar-refractivity contribution >= 4 is 0 Å². The van der Waals surface area contributed by atoms with Crippen molar-refractivity contribution in [3.63, 3.8) is 0 Å². The van der Waals surface area contributed by atoms with E-state index in [1.807, 2.05) is 13.8 Å². The van der Waals surface area contributed by atoms with E-state index in [4.69, 9.17) is 9.15 Å². The van der Waals surface area contributed by atoms with E-state index in [-0.39, 0.29) is 0 Å². The minimum absolute atomic E-state index is 0.323. The van der Waals surface area contributed by atoms with E-state index in [2.05, 4.69) is 4.98 Å². The van der Waals surface area contributed by atoms with E-state index in [0.717, 1.165) is 5.89 Å². The molecule has 0 saturated heterocycles. The Labute approximate surface area is 60.0 Å². The molecule has 1 heterocycles. The molecule has 0 aliphatic heterocycles. The van der Waals surface area contributed by atoms with Gasteiger partial charge in [-0.25, -0.2) is 0 Å². The number of hydrogen-bond acceptors (Lipinski definition) is 3. The molecule has 1 aromatic heterocycles. The molecule has 0 radical (unpaired) electrons. The minimum atomic E-state index is 0.323. The van der Waals surface area contributed by atoms with Crippen LogP contribution in [0.25, 0.3) is 0 Å². The molecule has 0 aliphatic rings. The van der Waals surface area contributed by atoms with Crippen LogP contribution in [-0.4, -0.2) is 12.1 Å². The van der Waals surface area contributed by atoms with Gasteiger partial charge in [-0.1, -0.05) is 13.8 Å². The Morgan fingerprint density at radius 2 is 2.30 bits per heavy atom. The zero-order chi connectivity index (χ0) is 7.56. The molecule has 1 aromatic rings. The largest absolute Gasteiger partial charge is 0.479 e. The lowest BCUT2D eigenvalue weighted by Crippen LogP contribution is -1.87. The number of nitrogens with zero attached hydrogens (tertiary/aromatic N) is 1. The molecule has 3 heteroatoms. The van der Waals surface area contributed by atoms with Gasteiger partial charge in [-0.15, -0.1) is 0 Å². The average Bonchev–Trinajstić information content (AvgIpc) is 2.34. The van der Waals surface area contributed by atoms with Crippen molar-refractivity contribution < 1.29 is 9.15 Å². The molecule has 0 amide bonds. The van der Waals surface area contributed by atoms with Crippen LogP contribution >= 0.6 is 0 Å². The summed E-state index contributed by atoms with van der Waals surface area (Å²) in [7, 11) is 1.57. The SMILES string of the molecule is COc1coc(C(C)C)n1. The number of aromatic nitrogens is 1. The van der Waals surface area contributed by atoms with Crippen molar-refractivity contribution in [3.05, 3.63) is 12.2 Å². The average molecular weight is 141 g/mol. The Morgan fingerprint density at radius 3 is 2.60 bits per heavy atom. The van der Waals surface area contributed by atoms with E-state index in [1.165, 1.54) is 6.26 Å². The number of rotatable bonds is 2. The quantitative estimate of drug-likeness (QED) is 0.630. The van der Waals surface area contributed by atoms with Gasteiger partial charge in [0.2, 0.25) is 0 Å². The number of hydrogen-bond donors (Lipinski definition) is 0. The summed E-state index contributed by atoms with van der Waals surface area (Å²) in [5.41, 5.74) is 0. The molecule has 0 bridgehead atoms. The lowest BCUT2D eigenvalue weighted by atomic mass is 10.2. The van der Waals surface area contributed by atoms with E-state index in [1.54, 1.807) is 7.11 Å². The molecule has 0 unspecified atom stereocenters. The zero-order valence-electron chi connectivity index (χ0n) is 6.42. The number of ether oxygens (including phenoxy) is 1. The summed E-state index contributed by atoms with van der Waals surface area (Å²) in [5.74, 6) is 1.59. The highest BCUT2D eigenvalue weighted by Crippen LogP contribution is 2.16. The smallest absolute Gasteiger partial charge is 0.252 e. The summed E-state index contributed by atoms with van der Waals surface area (Å²) in [6.07, 6.45) is 1.51. The first-order chi connectivity index (χ1) is 4.74. The molecular formula is C7H11NO2. The van der Waals surface area contributed by atoms with Crippen LogP contribution in [0.4, 0.5) is 0 Å².